The molecule has 186 valence electrons. The second-order valence-electron chi connectivity index (χ2n) is 13.8. The molecule has 2 fully saturated rings. The number of fused-ring (bicyclic) bond motifs is 4. The molecular weight excluding hydrogens is 384 g/mol. The Morgan fingerprint density at radius 1 is 0.844 bits per heavy atom. The molecule has 7 atom stereocenters. The zero-order valence-electron chi connectivity index (χ0n) is 23.7. The molecule has 0 saturated heterocycles. The van der Waals surface area contributed by atoms with Gasteiger partial charge in [0, 0.05) is 0 Å². The fourth-order valence-corrected chi connectivity index (χ4v) is 9.50. The van der Waals surface area contributed by atoms with Crippen LogP contribution in [0.1, 0.15) is 140 Å². The summed E-state index contributed by atoms with van der Waals surface area (Å²) in [6.07, 6.45) is 16.0. The van der Waals surface area contributed by atoms with E-state index >= 15 is 0 Å². The maximum absolute atomic E-state index is 2.72. The van der Waals surface area contributed by atoms with Crippen LogP contribution < -0.4 is 0 Å². The average molecular weight is 443 g/mol. The first-order chi connectivity index (χ1) is 15.0. The number of hydrogen-bond acceptors (Lipinski definition) is 0. The van der Waals surface area contributed by atoms with E-state index in [2.05, 4.69) is 55.4 Å². The zero-order chi connectivity index (χ0) is 23.9. The van der Waals surface area contributed by atoms with Gasteiger partial charge in [-0.1, -0.05) is 99.6 Å². The second kappa shape index (κ2) is 9.77. The van der Waals surface area contributed by atoms with E-state index in [1.165, 1.54) is 70.6 Å². The highest BCUT2D eigenvalue weighted by molar-refractivity contribution is 5.35. The van der Waals surface area contributed by atoms with Crippen LogP contribution in [0, 0.1) is 51.8 Å². The largest absolute Gasteiger partial charge is 0.0683 e. The van der Waals surface area contributed by atoms with Gasteiger partial charge in [-0.15, -0.1) is 0 Å². The maximum Gasteiger partial charge on any atom is -0.00800 e. The molecule has 4 aliphatic rings. The highest BCUT2D eigenvalue weighted by Crippen LogP contribution is 2.68. The summed E-state index contributed by atoms with van der Waals surface area (Å²) in [5.41, 5.74) is 5.58. The smallest absolute Gasteiger partial charge is 0.00800 e. The van der Waals surface area contributed by atoms with Gasteiger partial charge in [0.25, 0.3) is 0 Å². The molecule has 0 heteroatoms. The van der Waals surface area contributed by atoms with Crippen molar-refractivity contribution in [3.8, 4) is 0 Å². The Hall–Kier alpha value is -0.260. The Balaban J connectivity index is 0.00000141. The Morgan fingerprint density at radius 3 is 2.19 bits per heavy atom. The fraction of sp³-hybridized carbons (Fsp3) is 0.938. The van der Waals surface area contributed by atoms with E-state index in [0.717, 1.165) is 35.5 Å². The normalized spacial score (nSPS) is 41.3. The third-order valence-corrected chi connectivity index (χ3v) is 11.7. The monoisotopic (exact) mass is 442 g/mol. The second-order valence-corrected chi connectivity index (χ2v) is 13.8. The molecule has 0 nitrogen and oxygen atoms in total. The van der Waals surface area contributed by atoms with Crippen molar-refractivity contribution in [1.82, 2.24) is 0 Å². The van der Waals surface area contributed by atoms with Crippen molar-refractivity contribution in [3.05, 3.63) is 11.1 Å². The van der Waals surface area contributed by atoms with Crippen molar-refractivity contribution in [1.29, 1.82) is 0 Å². The molecule has 0 aromatic carbocycles. The van der Waals surface area contributed by atoms with E-state index in [9.17, 15) is 0 Å². The van der Waals surface area contributed by atoms with Crippen LogP contribution in [0.4, 0.5) is 0 Å². The Bertz CT molecular complexity index is 666. The minimum atomic E-state index is 0.506. The Kier molecular flexibility index (Phi) is 8.05. The average Bonchev–Trinajstić information content (AvgIpc) is 3.09. The van der Waals surface area contributed by atoms with E-state index in [-0.39, 0.29) is 0 Å². The minimum Gasteiger partial charge on any atom is -0.0683 e. The van der Waals surface area contributed by atoms with Gasteiger partial charge in [0.2, 0.25) is 0 Å². The first kappa shape index (κ1) is 26.3. The van der Waals surface area contributed by atoms with Crippen LogP contribution in [-0.2, 0) is 0 Å². The predicted molar refractivity (Wildman–Crippen MR) is 143 cm³/mol. The first-order valence-electron chi connectivity index (χ1n) is 14.7. The van der Waals surface area contributed by atoms with Crippen molar-refractivity contribution in [2.24, 2.45) is 51.8 Å². The molecule has 0 spiro atoms. The van der Waals surface area contributed by atoms with Crippen molar-refractivity contribution < 1.29 is 0 Å². The van der Waals surface area contributed by atoms with Gasteiger partial charge in [0.1, 0.15) is 0 Å². The predicted octanol–water partition coefficient (Wildman–Crippen LogP) is 10.5. The summed E-state index contributed by atoms with van der Waals surface area (Å²) in [5.74, 6) is 5.46. The molecule has 0 bridgehead atoms. The molecule has 0 aromatic rings. The standard InChI is InChI=1S/C30H52.C2H6/c1-20(2)10-9-11-21(3)24-13-14-25-23-12-15-27-28(5,6)22(4)16-18-30(27,8)26(23)17-19-29(24,25)7;1-2/h20-22,24-25,27H,9-19H2,1-8H3;1-2H3. The molecule has 0 radical (unpaired) electrons. The summed E-state index contributed by atoms with van der Waals surface area (Å²) in [4.78, 5) is 0. The van der Waals surface area contributed by atoms with Crippen molar-refractivity contribution in [2.45, 2.75) is 140 Å². The van der Waals surface area contributed by atoms with Crippen LogP contribution in [0.5, 0.6) is 0 Å². The van der Waals surface area contributed by atoms with Gasteiger partial charge < -0.3 is 0 Å². The lowest BCUT2D eigenvalue weighted by molar-refractivity contribution is -0.0397. The Morgan fingerprint density at radius 2 is 1.53 bits per heavy atom. The van der Waals surface area contributed by atoms with Gasteiger partial charge in [0.05, 0.1) is 0 Å². The number of hydrogen-bond donors (Lipinski definition) is 0. The number of rotatable bonds is 5. The molecule has 4 aliphatic carbocycles. The van der Waals surface area contributed by atoms with Gasteiger partial charge in [-0.3, -0.25) is 0 Å². The molecule has 0 N–H and O–H groups in total. The summed E-state index contributed by atoms with van der Waals surface area (Å²) in [7, 11) is 0. The highest BCUT2D eigenvalue weighted by atomic mass is 14.6. The Labute approximate surface area is 202 Å². The molecule has 0 aliphatic heterocycles. The molecular formula is C32H58. The summed E-state index contributed by atoms with van der Waals surface area (Å²) in [6, 6.07) is 0. The fourth-order valence-electron chi connectivity index (χ4n) is 9.50. The molecule has 7 unspecified atom stereocenters. The first-order valence-corrected chi connectivity index (χ1v) is 14.7. The molecule has 0 aromatic heterocycles. The van der Waals surface area contributed by atoms with Gasteiger partial charge in [-0.05, 0) is 103 Å². The lowest BCUT2D eigenvalue weighted by Gasteiger charge is -2.60. The summed E-state index contributed by atoms with van der Waals surface area (Å²) in [5, 5.41) is 0. The van der Waals surface area contributed by atoms with Crippen LogP contribution in [0.2, 0.25) is 0 Å². The van der Waals surface area contributed by atoms with Gasteiger partial charge >= 0.3 is 0 Å². The lowest BCUT2D eigenvalue weighted by Crippen LogP contribution is -2.51. The topological polar surface area (TPSA) is 0 Å². The molecule has 0 heterocycles. The van der Waals surface area contributed by atoms with E-state index in [4.69, 9.17) is 0 Å². The van der Waals surface area contributed by atoms with E-state index < -0.39 is 0 Å². The van der Waals surface area contributed by atoms with Crippen LogP contribution in [0.25, 0.3) is 0 Å². The third-order valence-electron chi connectivity index (χ3n) is 11.7. The highest BCUT2D eigenvalue weighted by Gasteiger charge is 2.58. The van der Waals surface area contributed by atoms with E-state index in [1.54, 1.807) is 0 Å². The summed E-state index contributed by atoms with van der Waals surface area (Å²) < 4.78 is 0. The van der Waals surface area contributed by atoms with E-state index in [1.807, 2.05) is 25.0 Å². The van der Waals surface area contributed by atoms with E-state index in [0.29, 0.717) is 16.2 Å². The zero-order valence-corrected chi connectivity index (χ0v) is 23.7. The van der Waals surface area contributed by atoms with Crippen LogP contribution >= 0.6 is 0 Å². The van der Waals surface area contributed by atoms with Crippen molar-refractivity contribution in [2.75, 3.05) is 0 Å². The maximum atomic E-state index is 2.72. The summed E-state index contributed by atoms with van der Waals surface area (Å²) in [6.45, 7) is 24.5. The molecule has 2 saturated carbocycles. The van der Waals surface area contributed by atoms with Gasteiger partial charge in [0.15, 0.2) is 0 Å². The van der Waals surface area contributed by atoms with Crippen molar-refractivity contribution in [3.63, 3.8) is 0 Å². The van der Waals surface area contributed by atoms with Gasteiger partial charge in [-0.2, -0.15) is 0 Å². The minimum absolute atomic E-state index is 0.506. The van der Waals surface area contributed by atoms with Crippen LogP contribution in [0.3, 0.4) is 0 Å². The molecule has 32 heavy (non-hydrogen) atoms. The quantitative estimate of drug-likeness (QED) is 0.371. The SMILES string of the molecule is CC.CC(C)CCCC(C)C1CCC2C3=C(CCC21C)C1(C)CCC(C)C(C)(C)C1CC3. The van der Waals surface area contributed by atoms with Crippen molar-refractivity contribution >= 4 is 0 Å². The molecule has 4 rings (SSSR count). The number of allylic oxidation sites excluding steroid dienone is 2. The summed E-state index contributed by atoms with van der Waals surface area (Å²) >= 11 is 0. The molecule has 0 amide bonds. The third kappa shape index (κ3) is 4.28. The van der Waals surface area contributed by atoms with Gasteiger partial charge in [-0.25, -0.2) is 0 Å². The lowest BCUT2D eigenvalue weighted by atomic mass is 9.44. The van der Waals surface area contributed by atoms with Crippen LogP contribution in [0.15, 0.2) is 11.1 Å². The van der Waals surface area contributed by atoms with Crippen LogP contribution in [-0.4, -0.2) is 0 Å².